The molecule has 40 heavy (non-hydrogen) atoms. The fourth-order valence-electron chi connectivity index (χ4n) is 4.16. The van der Waals surface area contributed by atoms with Crippen LogP contribution < -0.4 is 5.56 Å². The first-order valence-corrected chi connectivity index (χ1v) is 15.0. The summed E-state index contributed by atoms with van der Waals surface area (Å²) in [6.45, 7) is -4.78. The van der Waals surface area contributed by atoms with Crippen LogP contribution in [-0.4, -0.2) is 76.2 Å². The first-order valence-electron chi connectivity index (χ1n) is 11.4. The molecular weight excluding hydrogens is 613 g/mol. The summed E-state index contributed by atoms with van der Waals surface area (Å²) in [6, 6.07) is 0. The average molecular weight is 635 g/mol. The lowest BCUT2D eigenvalue weighted by Crippen LogP contribution is -2.31. The summed E-state index contributed by atoms with van der Waals surface area (Å²) in [5, 5.41) is 5.24. The molecule has 1 aliphatic rings. The van der Waals surface area contributed by atoms with Gasteiger partial charge in [-0.1, -0.05) is 24.9 Å². The Morgan fingerprint density at radius 3 is 2.92 bits per heavy atom. The van der Waals surface area contributed by atoms with Crippen molar-refractivity contribution in [1.82, 2.24) is 39.3 Å². The van der Waals surface area contributed by atoms with Gasteiger partial charge in [-0.15, -0.1) is 0 Å². The van der Waals surface area contributed by atoms with Gasteiger partial charge in [0.15, 0.2) is 23.6 Å². The van der Waals surface area contributed by atoms with Gasteiger partial charge in [-0.25, -0.2) is 38.8 Å². The van der Waals surface area contributed by atoms with Gasteiger partial charge in [0.1, 0.15) is 43.1 Å². The molecule has 1 aliphatic heterocycles. The van der Waals surface area contributed by atoms with E-state index in [4.69, 9.17) is 23.0 Å². The molecule has 0 amide bonds. The maximum Gasteiger partial charge on any atom is 0.387 e. The predicted octanol–water partition coefficient (Wildman–Crippen LogP) is 2.01. The van der Waals surface area contributed by atoms with E-state index >= 15 is 4.39 Å². The number of carbonyl (C=O) groups excluding carboxylic acids is 1. The first kappa shape index (κ1) is 29.0. The molecule has 0 radical (unpaired) electrons. The highest BCUT2D eigenvalue weighted by Gasteiger charge is 2.50. The Kier molecular flexibility index (Phi) is 8.82. The number of hydrogen-bond acceptors (Lipinski definition) is 13. The third kappa shape index (κ3) is 6.06. The molecule has 1 N–H and O–H groups in total. The number of imidazole rings is 2. The van der Waals surface area contributed by atoms with E-state index in [9.17, 15) is 14.2 Å². The number of alkyl halides is 1. The standard InChI is InChI=1S/C19H21FN8O8P2S2/c20-13-11(5-33-37)35-18(28-8-23-14-10(28)4-24-26-17(14)29)15(13)36-38(31,40)34-6-12-25-9-3-21-7-22-16(9)27(12)1-2-32-19(30)39/h3-4,7-8,11,13,15,18H,1-2,5-6,37H2,(H,26,29)(H,30,39)(H,31,40)/t11-,13-,15-,18-,38?/m1/s1. The minimum atomic E-state index is -4.28. The Labute approximate surface area is 236 Å². The van der Waals surface area contributed by atoms with Gasteiger partial charge in [0, 0.05) is 9.47 Å². The normalized spacial score (nSPS) is 22.6. The topological polar surface area (TPSA) is 187 Å². The van der Waals surface area contributed by atoms with Crippen LogP contribution in [0.25, 0.3) is 22.2 Å². The summed E-state index contributed by atoms with van der Waals surface area (Å²) in [5.74, 6) is 0.236. The molecule has 1 saturated heterocycles. The number of fused-ring (bicyclic) bond motifs is 2. The highest BCUT2D eigenvalue weighted by molar-refractivity contribution is 8.44. The van der Waals surface area contributed by atoms with Crippen molar-refractivity contribution in [2.75, 3.05) is 13.2 Å². The van der Waals surface area contributed by atoms with Crippen LogP contribution in [0.4, 0.5) is 9.18 Å². The number of aromatic amines is 1. The zero-order chi connectivity index (χ0) is 28.4. The summed E-state index contributed by atoms with van der Waals surface area (Å²) in [5.41, 5.74) is 0.510. The van der Waals surface area contributed by atoms with Crippen LogP contribution in [0.5, 0.6) is 0 Å². The number of rotatable bonds is 11. The fourth-order valence-corrected chi connectivity index (χ4v) is 5.81. The van der Waals surface area contributed by atoms with Crippen LogP contribution in [0, 0.1) is 0 Å². The third-order valence-electron chi connectivity index (χ3n) is 5.84. The van der Waals surface area contributed by atoms with E-state index in [0.29, 0.717) is 11.2 Å². The SMILES string of the molecule is O=C(S)OCCn1c(COP(=O)(S)O[C@@H]2[C@H](F)[C@@H](COP)O[C@H]2n2cnc3c(=O)[nH]ncc32)nc2cncnc21. The quantitative estimate of drug-likeness (QED) is 0.124. The molecule has 5 rings (SSSR count). The monoisotopic (exact) mass is 634 g/mol. The molecule has 2 unspecified atom stereocenters. The van der Waals surface area contributed by atoms with Gasteiger partial charge in [-0.05, 0) is 0 Å². The summed E-state index contributed by atoms with van der Waals surface area (Å²) in [4.78, 5) is 39.6. The van der Waals surface area contributed by atoms with Crippen LogP contribution in [-0.2, 0) is 40.8 Å². The summed E-state index contributed by atoms with van der Waals surface area (Å²) < 4.78 is 58.5. The van der Waals surface area contributed by atoms with E-state index in [1.165, 1.54) is 29.6 Å². The lowest BCUT2D eigenvalue weighted by Gasteiger charge is -2.24. The van der Waals surface area contributed by atoms with Crippen molar-refractivity contribution in [1.29, 1.82) is 0 Å². The Morgan fingerprint density at radius 2 is 2.15 bits per heavy atom. The number of nitrogens with zero attached hydrogens (tertiary/aromatic N) is 7. The van der Waals surface area contributed by atoms with Crippen molar-refractivity contribution < 1.29 is 36.8 Å². The molecule has 4 aromatic rings. The van der Waals surface area contributed by atoms with Crippen LogP contribution in [0.1, 0.15) is 12.1 Å². The van der Waals surface area contributed by atoms with Crippen molar-refractivity contribution >= 4 is 68.6 Å². The van der Waals surface area contributed by atoms with Crippen molar-refractivity contribution in [3.63, 3.8) is 0 Å². The summed E-state index contributed by atoms with van der Waals surface area (Å²) in [7, 11) is 2.00. The Bertz CT molecular complexity index is 1640. The van der Waals surface area contributed by atoms with Crippen molar-refractivity contribution in [2.24, 2.45) is 0 Å². The molecule has 214 valence electrons. The van der Waals surface area contributed by atoms with Gasteiger partial charge in [0.25, 0.3) is 5.56 Å². The first-order chi connectivity index (χ1) is 19.2. The molecule has 0 spiro atoms. The second-order valence-corrected chi connectivity index (χ2v) is 11.8. The van der Waals surface area contributed by atoms with E-state index in [1.54, 1.807) is 4.57 Å². The maximum absolute atomic E-state index is 15.5. The number of carbonyl (C=O) groups is 1. The van der Waals surface area contributed by atoms with Crippen LogP contribution in [0.2, 0.25) is 0 Å². The number of thiol groups is 2. The van der Waals surface area contributed by atoms with E-state index in [2.05, 4.69) is 55.0 Å². The van der Waals surface area contributed by atoms with Gasteiger partial charge in [0.05, 0.1) is 37.4 Å². The average Bonchev–Trinajstić information content (AvgIpc) is 3.58. The van der Waals surface area contributed by atoms with Gasteiger partial charge < -0.3 is 18.6 Å². The van der Waals surface area contributed by atoms with Gasteiger partial charge >= 0.3 is 12.1 Å². The van der Waals surface area contributed by atoms with E-state index in [1.807, 2.05) is 9.47 Å². The minimum absolute atomic E-state index is 0.0365. The number of H-pyrrole nitrogens is 1. The highest BCUT2D eigenvalue weighted by atomic mass is 32.7. The molecule has 0 bridgehead atoms. The predicted molar refractivity (Wildman–Crippen MR) is 145 cm³/mol. The Hall–Kier alpha value is -2.50. The zero-order valence-electron chi connectivity index (χ0n) is 20.1. The highest BCUT2D eigenvalue weighted by Crippen LogP contribution is 2.57. The number of nitrogens with one attached hydrogen (secondary N) is 1. The smallest absolute Gasteiger partial charge is 0.387 e. The van der Waals surface area contributed by atoms with Gasteiger partial charge in [-0.2, -0.15) is 5.10 Å². The van der Waals surface area contributed by atoms with E-state index < -0.39 is 48.9 Å². The second kappa shape index (κ2) is 12.2. The Morgan fingerprint density at radius 1 is 1.32 bits per heavy atom. The molecule has 21 heteroatoms. The maximum atomic E-state index is 15.5. The molecule has 5 heterocycles. The molecular formula is C19H21FN8O8P2S2. The lowest BCUT2D eigenvalue weighted by molar-refractivity contribution is -0.0413. The molecule has 1 fully saturated rings. The van der Waals surface area contributed by atoms with E-state index in [0.717, 1.165) is 0 Å². The number of ether oxygens (including phenoxy) is 2. The number of halogens is 1. The number of aromatic nitrogens is 8. The fraction of sp³-hybridized carbons (Fsp3) is 0.421. The minimum Gasteiger partial charge on any atom is -0.456 e. The second-order valence-electron chi connectivity index (χ2n) is 8.27. The van der Waals surface area contributed by atoms with Crippen LogP contribution >= 0.6 is 41.1 Å². The van der Waals surface area contributed by atoms with Crippen molar-refractivity contribution in [2.45, 2.75) is 37.8 Å². The molecule has 0 aromatic carbocycles. The number of hydrogen-bond donors (Lipinski definition) is 3. The van der Waals surface area contributed by atoms with Gasteiger partial charge in [0.2, 0.25) is 0 Å². The Balaban J connectivity index is 1.37. The molecule has 0 aliphatic carbocycles. The summed E-state index contributed by atoms with van der Waals surface area (Å²) in [6.07, 6.45) is -0.359. The van der Waals surface area contributed by atoms with Crippen LogP contribution in [0.15, 0.2) is 29.8 Å². The largest absolute Gasteiger partial charge is 0.456 e. The molecule has 6 atom stereocenters. The summed E-state index contributed by atoms with van der Waals surface area (Å²) >= 11 is 7.62. The zero-order valence-corrected chi connectivity index (χ0v) is 24.0. The van der Waals surface area contributed by atoms with Crippen molar-refractivity contribution in [3.05, 3.63) is 41.2 Å². The molecule has 4 aromatic heterocycles. The van der Waals surface area contributed by atoms with Crippen molar-refractivity contribution in [3.8, 4) is 0 Å². The van der Waals surface area contributed by atoms with Gasteiger partial charge in [-0.3, -0.25) is 18.4 Å². The lowest BCUT2D eigenvalue weighted by atomic mass is 10.1. The molecule has 0 saturated carbocycles. The van der Waals surface area contributed by atoms with E-state index in [-0.39, 0.29) is 36.6 Å². The van der Waals surface area contributed by atoms with Crippen LogP contribution in [0.3, 0.4) is 0 Å². The molecule has 16 nitrogen and oxygen atoms in total. The third-order valence-corrected chi connectivity index (χ3v) is 7.76.